The third-order valence-electron chi connectivity index (χ3n) is 3.43. The van der Waals surface area contributed by atoms with E-state index in [1.807, 2.05) is 0 Å². The molecular weight excluding hydrogens is 352 g/mol. The van der Waals surface area contributed by atoms with Crippen LogP contribution in [0, 0.1) is 0 Å². The zero-order valence-corrected chi connectivity index (χ0v) is 15.0. The van der Waals surface area contributed by atoms with Crippen LogP contribution in [0.25, 0.3) is 0 Å². The first-order valence-corrected chi connectivity index (χ1v) is 9.60. The second kappa shape index (κ2) is 7.72. The molecule has 1 heterocycles. The van der Waals surface area contributed by atoms with Crippen LogP contribution in [0.2, 0.25) is 5.02 Å². The molecule has 0 saturated carbocycles. The zero-order chi connectivity index (χ0) is 17.7. The molecule has 1 aromatic heterocycles. The number of sulfonamides is 1. The molecule has 0 saturated heterocycles. The number of furan rings is 1. The molecule has 1 aromatic carbocycles. The molecule has 2 aromatic rings. The quantitative estimate of drug-likeness (QED) is 0.812. The number of benzene rings is 1. The number of carbonyl (C=O) groups is 1. The number of carbonyl (C=O) groups excluding carboxylic acids is 1. The Bertz CT molecular complexity index is 773. The summed E-state index contributed by atoms with van der Waals surface area (Å²) in [7, 11) is -3.65. The van der Waals surface area contributed by atoms with Gasteiger partial charge in [0.2, 0.25) is 15.9 Å². The molecule has 0 unspecified atom stereocenters. The fraction of sp³-hybridized carbons (Fsp3) is 0.312. The monoisotopic (exact) mass is 370 g/mol. The topological polar surface area (TPSA) is 79.6 Å². The molecule has 130 valence electrons. The fourth-order valence-corrected chi connectivity index (χ4v) is 3.69. The van der Waals surface area contributed by atoms with Crippen LogP contribution in [0.4, 0.5) is 5.69 Å². The van der Waals surface area contributed by atoms with Crippen molar-refractivity contribution >= 4 is 33.2 Å². The number of amides is 1. The van der Waals surface area contributed by atoms with Crippen molar-refractivity contribution in [3.05, 3.63) is 53.4 Å². The van der Waals surface area contributed by atoms with Gasteiger partial charge in [0.05, 0.1) is 24.8 Å². The number of nitrogens with one attached hydrogen (secondary N) is 1. The van der Waals surface area contributed by atoms with Gasteiger partial charge in [-0.2, -0.15) is 0 Å². The zero-order valence-electron chi connectivity index (χ0n) is 13.4. The Morgan fingerprint density at radius 3 is 2.46 bits per heavy atom. The number of hydrogen-bond acceptors (Lipinski definition) is 4. The van der Waals surface area contributed by atoms with Crippen LogP contribution < -0.4 is 9.62 Å². The van der Waals surface area contributed by atoms with E-state index in [2.05, 4.69) is 5.32 Å². The summed E-state index contributed by atoms with van der Waals surface area (Å²) in [4.78, 5) is 12.5. The molecule has 1 N–H and O–H groups in total. The van der Waals surface area contributed by atoms with Crippen molar-refractivity contribution in [2.24, 2.45) is 0 Å². The average molecular weight is 371 g/mol. The standard InChI is InChI=1S/C16H19ClN2O4S/c1-3-15(16(20)18-11-14-5-4-10-23-14)19(24(2,21)22)13-8-6-12(17)7-9-13/h4-10,15H,3,11H2,1-2H3,(H,18,20)/t15-/m0/s1. The number of anilines is 1. The van der Waals surface area contributed by atoms with E-state index < -0.39 is 22.0 Å². The van der Waals surface area contributed by atoms with Crippen LogP contribution >= 0.6 is 11.6 Å². The van der Waals surface area contributed by atoms with Crippen LogP contribution in [-0.4, -0.2) is 26.6 Å². The van der Waals surface area contributed by atoms with Gasteiger partial charge in [-0.1, -0.05) is 18.5 Å². The summed E-state index contributed by atoms with van der Waals surface area (Å²) in [6, 6.07) is 8.91. The number of halogens is 1. The van der Waals surface area contributed by atoms with Crippen molar-refractivity contribution in [1.82, 2.24) is 5.32 Å². The molecule has 0 radical (unpaired) electrons. The molecule has 24 heavy (non-hydrogen) atoms. The van der Waals surface area contributed by atoms with E-state index in [1.165, 1.54) is 6.26 Å². The highest BCUT2D eigenvalue weighted by Crippen LogP contribution is 2.24. The number of rotatable bonds is 7. The molecule has 0 fully saturated rings. The molecule has 0 aliphatic rings. The Kier molecular flexibility index (Phi) is 5.90. The molecule has 1 atom stereocenters. The van der Waals surface area contributed by atoms with Gasteiger partial charge >= 0.3 is 0 Å². The van der Waals surface area contributed by atoms with Crippen molar-refractivity contribution in [2.75, 3.05) is 10.6 Å². The van der Waals surface area contributed by atoms with Crippen LogP contribution in [-0.2, 0) is 21.4 Å². The van der Waals surface area contributed by atoms with E-state index in [4.69, 9.17) is 16.0 Å². The molecule has 1 amide bonds. The average Bonchev–Trinajstić information content (AvgIpc) is 3.03. The van der Waals surface area contributed by atoms with E-state index in [9.17, 15) is 13.2 Å². The normalized spacial score (nSPS) is 12.6. The van der Waals surface area contributed by atoms with Crippen molar-refractivity contribution < 1.29 is 17.6 Å². The summed E-state index contributed by atoms with van der Waals surface area (Å²) in [5, 5.41) is 3.19. The highest BCUT2D eigenvalue weighted by molar-refractivity contribution is 7.92. The van der Waals surface area contributed by atoms with Crippen molar-refractivity contribution in [2.45, 2.75) is 25.9 Å². The lowest BCUT2D eigenvalue weighted by Crippen LogP contribution is -2.49. The molecule has 0 aliphatic heterocycles. The predicted octanol–water partition coefficient (Wildman–Crippen LogP) is 2.79. The maximum Gasteiger partial charge on any atom is 0.244 e. The van der Waals surface area contributed by atoms with Crippen LogP contribution in [0.5, 0.6) is 0 Å². The van der Waals surface area contributed by atoms with Gasteiger partial charge in [0.1, 0.15) is 11.8 Å². The number of hydrogen-bond donors (Lipinski definition) is 1. The fourth-order valence-electron chi connectivity index (χ4n) is 2.35. The second-order valence-corrected chi connectivity index (χ2v) is 7.55. The Morgan fingerprint density at radius 2 is 1.96 bits per heavy atom. The summed E-state index contributed by atoms with van der Waals surface area (Å²) >= 11 is 5.86. The van der Waals surface area contributed by atoms with Gasteiger partial charge in [0, 0.05) is 5.02 Å². The van der Waals surface area contributed by atoms with Crippen molar-refractivity contribution in [3.8, 4) is 0 Å². The van der Waals surface area contributed by atoms with Gasteiger partial charge in [-0.25, -0.2) is 8.42 Å². The first-order chi connectivity index (χ1) is 11.3. The minimum absolute atomic E-state index is 0.195. The lowest BCUT2D eigenvalue weighted by atomic mass is 10.2. The Hall–Kier alpha value is -1.99. The summed E-state index contributed by atoms with van der Waals surface area (Å²) in [5.74, 6) is 0.199. The van der Waals surface area contributed by atoms with Crippen molar-refractivity contribution in [3.63, 3.8) is 0 Å². The summed E-state index contributed by atoms with van der Waals surface area (Å²) in [6.45, 7) is 1.95. The molecule has 0 aliphatic carbocycles. The van der Waals surface area contributed by atoms with E-state index >= 15 is 0 Å². The first kappa shape index (κ1) is 18.4. The first-order valence-electron chi connectivity index (χ1n) is 7.38. The smallest absolute Gasteiger partial charge is 0.244 e. The highest BCUT2D eigenvalue weighted by atomic mass is 35.5. The second-order valence-electron chi connectivity index (χ2n) is 5.26. The van der Waals surface area contributed by atoms with Crippen LogP contribution in [0.15, 0.2) is 47.1 Å². The number of nitrogens with zero attached hydrogens (tertiary/aromatic N) is 1. The summed E-state index contributed by atoms with van der Waals surface area (Å²) in [6.07, 6.45) is 2.90. The molecule has 0 bridgehead atoms. The van der Waals surface area contributed by atoms with E-state index in [-0.39, 0.29) is 6.54 Å². The van der Waals surface area contributed by atoms with Gasteiger partial charge < -0.3 is 9.73 Å². The van der Waals surface area contributed by atoms with Crippen LogP contribution in [0.1, 0.15) is 19.1 Å². The Labute approximate surface area is 146 Å². The predicted molar refractivity (Wildman–Crippen MR) is 93.4 cm³/mol. The molecule has 8 heteroatoms. The van der Waals surface area contributed by atoms with Gasteiger partial charge in [0.15, 0.2) is 0 Å². The van der Waals surface area contributed by atoms with Crippen molar-refractivity contribution in [1.29, 1.82) is 0 Å². The van der Waals surface area contributed by atoms with E-state index in [0.29, 0.717) is 22.9 Å². The molecule has 0 spiro atoms. The SMILES string of the molecule is CC[C@@H](C(=O)NCc1ccco1)N(c1ccc(Cl)cc1)S(C)(=O)=O. The molecule has 6 nitrogen and oxygen atoms in total. The highest BCUT2D eigenvalue weighted by Gasteiger charge is 2.31. The van der Waals surface area contributed by atoms with Gasteiger partial charge in [-0.15, -0.1) is 0 Å². The maximum atomic E-state index is 12.5. The summed E-state index contributed by atoms with van der Waals surface area (Å²) < 4.78 is 30.8. The lowest BCUT2D eigenvalue weighted by molar-refractivity contribution is -0.122. The third kappa shape index (κ3) is 4.52. The minimum atomic E-state index is -3.65. The van der Waals surface area contributed by atoms with Gasteiger partial charge in [-0.05, 0) is 42.8 Å². The largest absolute Gasteiger partial charge is 0.467 e. The third-order valence-corrected chi connectivity index (χ3v) is 4.86. The minimum Gasteiger partial charge on any atom is -0.467 e. The molecular formula is C16H19ClN2O4S. The van der Waals surface area contributed by atoms with E-state index in [1.54, 1.807) is 43.3 Å². The van der Waals surface area contributed by atoms with E-state index in [0.717, 1.165) is 10.6 Å². The van der Waals surface area contributed by atoms with Gasteiger partial charge in [-0.3, -0.25) is 9.10 Å². The summed E-state index contributed by atoms with van der Waals surface area (Å²) in [5.41, 5.74) is 0.391. The maximum absolute atomic E-state index is 12.5. The Morgan fingerprint density at radius 1 is 1.29 bits per heavy atom. The lowest BCUT2D eigenvalue weighted by Gasteiger charge is -2.30. The Balaban J connectivity index is 2.25. The van der Waals surface area contributed by atoms with Crippen LogP contribution in [0.3, 0.4) is 0 Å². The van der Waals surface area contributed by atoms with Gasteiger partial charge in [0.25, 0.3) is 0 Å². The molecule has 2 rings (SSSR count).